The van der Waals surface area contributed by atoms with Crippen LogP contribution in [0.25, 0.3) is 0 Å². The van der Waals surface area contributed by atoms with Crippen LogP contribution in [0.15, 0.2) is 47.6 Å². The number of carboxylic acid groups (broad SMARTS) is 1. The van der Waals surface area contributed by atoms with Crippen molar-refractivity contribution in [2.24, 2.45) is 23.7 Å². The monoisotopic (exact) mass is 323 g/mol. The van der Waals surface area contributed by atoms with Gasteiger partial charge in [-0.25, -0.2) is 9.69 Å². The van der Waals surface area contributed by atoms with Gasteiger partial charge in [0, 0.05) is 11.8 Å². The molecule has 4 rings (SSSR count). The molecule has 1 aromatic carbocycles. The van der Waals surface area contributed by atoms with E-state index in [0.717, 1.165) is 0 Å². The van der Waals surface area contributed by atoms with Gasteiger partial charge in [-0.3, -0.25) is 9.59 Å². The number of benzene rings is 1. The van der Waals surface area contributed by atoms with Gasteiger partial charge < -0.3 is 5.11 Å². The third-order valence-electron chi connectivity index (χ3n) is 5.34. The van der Waals surface area contributed by atoms with Gasteiger partial charge in [0.25, 0.3) is 0 Å². The number of hydrogen-bond acceptors (Lipinski definition) is 3. The van der Waals surface area contributed by atoms with E-state index in [1.807, 2.05) is 26.0 Å². The van der Waals surface area contributed by atoms with Crippen LogP contribution >= 0.6 is 0 Å². The first-order chi connectivity index (χ1) is 11.4. The molecule has 5 nitrogen and oxygen atoms in total. The zero-order valence-electron chi connectivity index (χ0n) is 13.4. The number of aromatic carboxylic acids is 1. The van der Waals surface area contributed by atoms with Crippen molar-refractivity contribution >= 4 is 23.5 Å². The molecule has 4 atom stereocenters. The number of rotatable bonds is 2. The van der Waals surface area contributed by atoms with E-state index in [2.05, 4.69) is 0 Å². The summed E-state index contributed by atoms with van der Waals surface area (Å²) < 4.78 is 0. The molecule has 1 saturated carbocycles. The number of carbonyl (C=O) groups is 3. The molecule has 122 valence electrons. The molecule has 2 amide bonds. The first-order valence-electron chi connectivity index (χ1n) is 7.98. The molecule has 0 radical (unpaired) electrons. The molecule has 2 aliphatic carbocycles. The van der Waals surface area contributed by atoms with Gasteiger partial charge >= 0.3 is 5.97 Å². The van der Waals surface area contributed by atoms with E-state index in [4.69, 9.17) is 5.11 Å². The number of carbonyl (C=O) groups excluding carboxylic acids is 2. The first kappa shape index (κ1) is 14.9. The topological polar surface area (TPSA) is 74.7 Å². The van der Waals surface area contributed by atoms with Crippen molar-refractivity contribution in [3.05, 3.63) is 53.1 Å². The average Bonchev–Trinajstić information content (AvgIpc) is 3.17. The van der Waals surface area contributed by atoms with Crippen LogP contribution in [0.4, 0.5) is 5.69 Å². The van der Waals surface area contributed by atoms with Crippen LogP contribution in [-0.4, -0.2) is 22.9 Å². The van der Waals surface area contributed by atoms with Crippen molar-refractivity contribution in [1.29, 1.82) is 0 Å². The minimum absolute atomic E-state index is 0.00546. The molecule has 0 spiro atoms. The predicted octanol–water partition coefficient (Wildman–Crippen LogP) is 2.64. The Labute approximate surface area is 139 Å². The van der Waals surface area contributed by atoms with Crippen LogP contribution in [-0.2, 0) is 9.59 Å². The highest BCUT2D eigenvalue weighted by Gasteiger charge is 2.61. The number of anilines is 1. The Morgan fingerprint density at radius 3 is 2.12 bits per heavy atom. The second kappa shape index (κ2) is 4.90. The van der Waals surface area contributed by atoms with Gasteiger partial charge in [-0.2, -0.15) is 0 Å². The summed E-state index contributed by atoms with van der Waals surface area (Å²) in [5.74, 6) is -2.24. The summed E-state index contributed by atoms with van der Waals surface area (Å²) in [5, 5.41) is 9.13. The van der Waals surface area contributed by atoms with Crippen LogP contribution in [0, 0.1) is 23.7 Å². The first-order valence-corrected chi connectivity index (χ1v) is 7.98. The second-order valence-electron chi connectivity index (χ2n) is 6.81. The van der Waals surface area contributed by atoms with Gasteiger partial charge in [0.1, 0.15) is 0 Å². The van der Waals surface area contributed by atoms with Crippen LogP contribution in [0.3, 0.4) is 0 Å². The average molecular weight is 323 g/mol. The molecule has 1 N–H and O–H groups in total. The van der Waals surface area contributed by atoms with Crippen LogP contribution in [0.5, 0.6) is 0 Å². The Bertz CT molecular complexity index is 813. The zero-order chi connectivity index (χ0) is 17.2. The van der Waals surface area contributed by atoms with Gasteiger partial charge in [-0.15, -0.1) is 0 Å². The standard InChI is InChI=1S/C19H17NO4/c1-9(2)14-12-6-7-13(14)16-15(12)17(21)20(18(16)22)11-5-3-4-10(8-11)19(23)24/h3-8,12-13,15-16H,1-2H3,(H,23,24)/t12-,13-,15+,16+/m1/s1. The molecule has 24 heavy (non-hydrogen) atoms. The van der Waals surface area contributed by atoms with E-state index >= 15 is 0 Å². The highest BCUT2D eigenvalue weighted by atomic mass is 16.4. The molecule has 1 aliphatic heterocycles. The number of nitrogens with zero attached hydrogens (tertiary/aromatic N) is 1. The number of imide groups is 1. The van der Waals surface area contributed by atoms with Gasteiger partial charge in [0.15, 0.2) is 0 Å². The molecule has 5 heteroatoms. The van der Waals surface area contributed by atoms with E-state index in [1.54, 1.807) is 12.1 Å². The van der Waals surface area contributed by atoms with E-state index in [-0.39, 0.29) is 41.0 Å². The largest absolute Gasteiger partial charge is 0.478 e. The lowest BCUT2D eigenvalue weighted by Crippen LogP contribution is -2.33. The number of amides is 2. The maximum Gasteiger partial charge on any atom is 0.335 e. The highest BCUT2D eigenvalue weighted by molar-refractivity contribution is 6.23. The molecular weight excluding hydrogens is 306 g/mol. The van der Waals surface area contributed by atoms with Crippen molar-refractivity contribution in [3.63, 3.8) is 0 Å². The molecule has 1 saturated heterocycles. The minimum Gasteiger partial charge on any atom is -0.478 e. The maximum absolute atomic E-state index is 12.9. The summed E-state index contributed by atoms with van der Waals surface area (Å²) in [6.07, 6.45) is 4.08. The van der Waals surface area contributed by atoms with Gasteiger partial charge in [-0.05, 0) is 32.0 Å². The maximum atomic E-state index is 12.9. The summed E-state index contributed by atoms with van der Waals surface area (Å²) >= 11 is 0. The van der Waals surface area contributed by atoms with Crippen LogP contribution in [0.1, 0.15) is 24.2 Å². The molecule has 3 aliphatic rings. The Hall–Kier alpha value is -2.69. The third kappa shape index (κ3) is 1.78. The van der Waals surface area contributed by atoms with Gasteiger partial charge in [-0.1, -0.05) is 29.4 Å². The number of fused-ring (bicyclic) bond motifs is 5. The SMILES string of the molecule is CC(C)=C1[C@H]2C=C[C@H]1[C@@H]1C(=O)N(c3cccc(C(=O)O)c3)C(=O)[C@H]12. The fourth-order valence-corrected chi connectivity index (χ4v) is 4.46. The zero-order valence-corrected chi connectivity index (χ0v) is 13.4. The Balaban J connectivity index is 1.76. The smallest absolute Gasteiger partial charge is 0.335 e. The Kier molecular flexibility index (Phi) is 3.04. The quantitative estimate of drug-likeness (QED) is 0.670. The van der Waals surface area contributed by atoms with Gasteiger partial charge in [0.2, 0.25) is 11.8 Å². The third-order valence-corrected chi connectivity index (χ3v) is 5.34. The van der Waals surface area contributed by atoms with Crippen molar-refractivity contribution in [3.8, 4) is 0 Å². The minimum atomic E-state index is -1.08. The normalized spacial score (nSPS) is 30.2. The van der Waals surface area contributed by atoms with Crippen molar-refractivity contribution in [1.82, 2.24) is 0 Å². The number of carboxylic acids is 1. The van der Waals surface area contributed by atoms with E-state index in [0.29, 0.717) is 5.69 Å². The van der Waals surface area contributed by atoms with Crippen molar-refractivity contribution < 1.29 is 19.5 Å². The lowest BCUT2D eigenvalue weighted by atomic mass is 9.85. The molecular formula is C19H17NO4. The predicted molar refractivity (Wildman–Crippen MR) is 87.4 cm³/mol. The highest BCUT2D eigenvalue weighted by Crippen LogP contribution is 2.57. The van der Waals surface area contributed by atoms with E-state index in [9.17, 15) is 14.4 Å². The molecule has 1 heterocycles. The van der Waals surface area contributed by atoms with E-state index < -0.39 is 5.97 Å². The summed E-state index contributed by atoms with van der Waals surface area (Å²) in [5.41, 5.74) is 2.78. The molecule has 0 unspecified atom stereocenters. The van der Waals surface area contributed by atoms with E-state index in [1.165, 1.54) is 28.2 Å². The lowest BCUT2D eigenvalue weighted by Gasteiger charge is -2.19. The fourth-order valence-electron chi connectivity index (χ4n) is 4.46. The summed E-state index contributed by atoms with van der Waals surface area (Å²) in [6, 6.07) is 6.00. The Morgan fingerprint density at radius 1 is 1.04 bits per heavy atom. The fraction of sp³-hybridized carbons (Fsp3) is 0.316. The summed E-state index contributed by atoms with van der Waals surface area (Å²) in [4.78, 5) is 38.2. The van der Waals surface area contributed by atoms with Crippen LogP contribution < -0.4 is 4.90 Å². The Morgan fingerprint density at radius 2 is 1.62 bits per heavy atom. The summed E-state index contributed by atoms with van der Waals surface area (Å²) in [6.45, 7) is 4.04. The molecule has 0 aromatic heterocycles. The summed E-state index contributed by atoms with van der Waals surface area (Å²) in [7, 11) is 0. The molecule has 1 aromatic rings. The molecule has 2 fully saturated rings. The second-order valence-corrected chi connectivity index (χ2v) is 6.81. The van der Waals surface area contributed by atoms with Crippen molar-refractivity contribution in [2.45, 2.75) is 13.8 Å². The number of hydrogen-bond donors (Lipinski definition) is 1. The van der Waals surface area contributed by atoms with Gasteiger partial charge in [0.05, 0.1) is 23.1 Å². The van der Waals surface area contributed by atoms with Crippen LogP contribution in [0.2, 0.25) is 0 Å². The lowest BCUT2D eigenvalue weighted by molar-refractivity contribution is -0.122. The molecule has 2 bridgehead atoms. The van der Waals surface area contributed by atoms with Crippen molar-refractivity contribution in [2.75, 3.05) is 4.90 Å². The number of allylic oxidation sites excluding steroid dienone is 4.